The van der Waals surface area contributed by atoms with E-state index in [-0.39, 0.29) is 17.6 Å². The first-order chi connectivity index (χ1) is 13.9. The third-order valence-corrected chi connectivity index (χ3v) is 5.57. The molecule has 0 aromatic heterocycles. The number of hydrogen-bond donors (Lipinski definition) is 3. The van der Waals surface area contributed by atoms with E-state index in [0.717, 1.165) is 13.0 Å². The van der Waals surface area contributed by atoms with E-state index in [0.29, 0.717) is 31.6 Å². The third kappa shape index (κ3) is 5.79. The van der Waals surface area contributed by atoms with Crippen LogP contribution in [0.25, 0.3) is 0 Å². The molecular formula is C23H31N3O3. The second kappa shape index (κ2) is 9.39. The summed E-state index contributed by atoms with van der Waals surface area (Å²) in [6.45, 7) is 2.98. The quantitative estimate of drug-likeness (QED) is 0.623. The lowest BCUT2D eigenvalue weighted by atomic mass is 9.87. The summed E-state index contributed by atoms with van der Waals surface area (Å²) in [4.78, 5) is 17.0. The lowest BCUT2D eigenvalue weighted by molar-refractivity contribution is -0.0946. The third-order valence-electron chi connectivity index (χ3n) is 5.57. The summed E-state index contributed by atoms with van der Waals surface area (Å²) < 4.78 is 0. The molecule has 1 fully saturated rings. The maximum Gasteiger partial charge on any atom is 0.253 e. The Balaban J connectivity index is 1.64. The van der Waals surface area contributed by atoms with Gasteiger partial charge in [0.1, 0.15) is 11.5 Å². The normalized spacial score (nSPS) is 22.6. The Morgan fingerprint density at radius 3 is 2.52 bits per heavy atom. The molecule has 1 amide bonds. The van der Waals surface area contributed by atoms with E-state index in [9.17, 15) is 15.0 Å². The maximum absolute atomic E-state index is 12.7. The van der Waals surface area contributed by atoms with Gasteiger partial charge in [-0.25, -0.2) is 0 Å². The van der Waals surface area contributed by atoms with Crippen LogP contribution in [0.3, 0.4) is 0 Å². The number of benzene rings is 2. The Kier molecular flexibility index (Phi) is 6.90. The number of aliphatic hydroxyl groups is 1. The summed E-state index contributed by atoms with van der Waals surface area (Å²) in [5.41, 5.74) is 0.496. The van der Waals surface area contributed by atoms with Gasteiger partial charge in [-0.3, -0.25) is 4.79 Å². The van der Waals surface area contributed by atoms with Crippen molar-refractivity contribution >= 4 is 5.91 Å². The van der Waals surface area contributed by atoms with Crippen LogP contribution >= 0.6 is 0 Å². The number of hydrogen-bond acceptors (Lipinski definition) is 5. The van der Waals surface area contributed by atoms with Crippen LogP contribution in [0.2, 0.25) is 0 Å². The number of phenolic OH excluding ortho intramolecular Hbond substituents is 1. The maximum atomic E-state index is 12.7. The van der Waals surface area contributed by atoms with E-state index in [1.165, 1.54) is 5.56 Å². The lowest BCUT2D eigenvalue weighted by Gasteiger charge is -2.45. The predicted octanol–water partition coefficient (Wildman–Crippen LogP) is 1.94. The molecule has 1 aliphatic heterocycles. The van der Waals surface area contributed by atoms with Gasteiger partial charge < -0.3 is 25.3 Å². The van der Waals surface area contributed by atoms with Crippen molar-refractivity contribution in [3.05, 3.63) is 65.7 Å². The zero-order valence-electron chi connectivity index (χ0n) is 17.2. The first-order valence-electron chi connectivity index (χ1n) is 10.1. The molecule has 0 saturated carbocycles. The average Bonchev–Trinajstić information content (AvgIpc) is 2.70. The molecule has 0 bridgehead atoms. The SMILES string of the molecule is CN(C)CC1CN(CCc2ccc(O)cc2)CCC1(O)NC(=O)c1ccccc1. The van der Waals surface area contributed by atoms with Crippen molar-refractivity contribution < 1.29 is 15.0 Å². The van der Waals surface area contributed by atoms with Gasteiger partial charge >= 0.3 is 0 Å². The Bertz CT molecular complexity index is 795. The van der Waals surface area contributed by atoms with Gasteiger partial charge in [0.05, 0.1) is 0 Å². The van der Waals surface area contributed by atoms with Crippen molar-refractivity contribution in [1.29, 1.82) is 0 Å². The first-order valence-corrected chi connectivity index (χ1v) is 10.1. The minimum atomic E-state index is -1.23. The van der Waals surface area contributed by atoms with Crippen LogP contribution in [0.1, 0.15) is 22.3 Å². The first kappa shape index (κ1) is 21.3. The Hall–Kier alpha value is -2.41. The van der Waals surface area contributed by atoms with Crippen LogP contribution in [0.4, 0.5) is 0 Å². The van der Waals surface area contributed by atoms with Crippen molar-refractivity contribution in [1.82, 2.24) is 15.1 Å². The number of likely N-dealkylation sites (tertiary alicyclic amines) is 1. The molecule has 1 aliphatic rings. The highest BCUT2D eigenvalue weighted by molar-refractivity contribution is 5.94. The Labute approximate surface area is 172 Å². The number of carbonyl (C=O) groups excluding carboxylic acids is 1. The largest absolute Gasteiger partial charge is 0.508 e. The Morgan fingerprint density at radius 1 is 1.17 bits per heavy atom. The average molecular weight is 398 g/mol. The topological polar surface area (TPSA) is 76.0 Å². The highest BCUT2D eigenvalue weighted by atomic mass is 16.3. The fraction of sp³-hybridized carbons (Fsp3) is 0.435. The summed E-state index contributed by atoms with van der Waals surface area (Å²) in [7, 11) is 3.96. The fourth-order valence-corrected chi connectivity index (χ4v) is 3.91. The van der Waals surface area contributed by atoms with E-state index in [2.05, 4.69) is 10.2 Å². The van der Waals surface area contributed by atoms with Gasteiger partial charge in [0, 0.05) is 44.1 Å². The molecule has 3 rings (SSSR count). The van der Waals surface area contributed by atoms with Crippen LogP contribution in [0.15, 0.2) is 54.6 Å². The Morgan fingerprint density at radius 2 is 1.86 bits per heavy atom. The van der Waals surface area contributed by atoms with E-state index in [1.54, 1.807) is 24.3 Å². The molecule has 29 heavy (non-hydrogen) atoms. The van der Waals surface area contributed by atoms with Crippen LogP contribution in [-0.2, 0) is 6.42 Å². The molecule has 0 spiro atoms. The highest BCUT2D eigenvalue weighted by Gasteiger charge is 2.42. The zero-order chi connectivity index (χ0) is 20.9. The monoisotopic (exact) mass is 397 g/mol. The molecule has 0 radical (unpaired) electrons. The second-order valence-electron chi connectivity index (χ2n) is 8.17. The molecule has 1 saturated heterocycles. The van der Waals surface area contributed by atoms with Crippen LogP contribution < -0.4 is 5.32 Å². The van der Waals surface area contributed by atoms with Crippen LogP contribution in [-0.4, -0.2) is 71.9 Å². The standard InChI is InChI=1S/C23H31N3O3/c1-25(2)16-20-17-26(14-12-18-8-10-21(27)11-9-18)15-13-23(20,29)24-22(28)19-6-4-3-5-7-19/h3-11,20,27,29H,12-17H2,1-2H3,(H,24,28). The number of nitrogens with zero attached hydrogens (tertiary/aromatic N) is 2. The van der Waals surface area contributed by atoms with Crippen molar-refractivity contribution in [3.63, 3.8) is 0 Å². The van der Waals surface area contributed by atoms with Crippen molar-refractivity contribution in [2.75, 3.05) is 40.3 Å². The molecule has 0 aliphatic carbocycles. The number of phenols is 1. The minimum absolute atomic E-state index is 0.0984. The smallest absolute Gasteiger partial charge is 0.253 e. The molecule has 1 heterocycles. The molecule has 2 unspecified atom stereocenters. The molecular weight excluding hydrogens is 366 g/mol. The fourth-order valence-electron chi connectivity index (χ4n) is 3.91. The van der Waals surface area contributed by atoms with E-state index in [1.807, 2.05) is 49.3 Å². The lowest BCUT2D eigenvalue weighted by Crippen LogP contribution is -2.63. The summed E-state index contributed by atoms with van der Waals surface area (Å²) in [5, 5.41) is 23.7. The van der Waals surface area contributed by atoms with Gasteiger partial charge in [-0.05, 0) is 50.3 Å². The molecule has 3 N–H and O–H groups in total. The number of piperidine rings is 1. The number of rotatable bonds is 7. The van der Waals surface area contributed by atoms with Crippen molar-refractivity contribution in [2.24, 2.45) is 5.92 Å². The predicted molar refractivity (Wildman–Crippen MR) is 114 cm³/mol. The van der Waals surface area contributed by atoms with Gasteiger partial charge in [-0.1, -0.05) is 30.3 Å². The number of amides is 1. The molecule has 2 aromatic rings. The second-order valence-corrected chi connectivity index (χ2v) is 8.17. The summed E-state index contributed by atoms with van der Waals surface area (Å²) in [6.07, 6.45) is 1.36. The number of nitrogens with one attached hydrogen (secondary N) is 1. The molecule has 2 aromatic carbocycles. The zero-order valence-corrected chi connectivity index (χ0v) is 17.2. The van der Waals surface area contributed by atoms with Crippen LogP contribution in [0.5, 0.6) is 5.75 Å². The summed E-state index contributed by atoms with van der Waals surface area (Å²) in [5.74, 6) is -0.0647. The van der Waals surface area contributed by atoms with Crippen molar-refractivity contribution in [2.45, 2.75) is 18.6 Å². The number of aromatic hydroxyl groups is 1. The van der Waals surface area contributed by atoms with Crippen LogP contribution in [0, 0.1) is 5.92 Å². The number of carbonyl (C=O) groups is 1. The molecule has 2 atom stereocenters. The van der Waals surface area contributed by atoms with E-state index in [4.69, 9.17) is 0 Å². The highest BCUT2D eigenvalue weighted by Crippen LogP contribution is 2.27. The molecule has 6 heteroatoms. The van der Waals surface area contributed by atoms with Gasteiger partial charge in [0.2, 0.25) is 0 Å². The van der Waals surface area contributed by atoms with E-state index >= 15 is 0 Å². The van der Waals surface area contributed by atoms with Crippen molar-refractivity contribution in [3.8, 4) is 5.75 Å². The van der Waals surface area contributed by atoms with Gasteiger partial charge in [-0.15, -0.1) is 0 Å². The minimum Gasteiger partial charge on any atom is -0.508 e. The van der Waals surface area contributed by atoms with E-state index < -0.39 is 5.72 Å². The van der Waals surface area contributed by atoms with Gasteiger partial charge in [0.25, 0.3) is 5.91 Å². The molecule has 6 nitrogen and oxygen atoms in total. The summed E-state index contributed by atoms with van der Waals surface area (Å²) >= 11 is 0. The summed E-state index contributed by atoms with van der Waals surface area (Å²) in [6, 6.07) is 16.3. The molecule has 156 valence electrons. The van der Waals surface area contributed by atoms with Gasteiger partial charge in [0.15, 0.2) is 0 Å². The van der Waals surface area contributed by atoms with Gasteiger partial charge in [-0.2, -0.15) is 0 Å².